The van der Waals surface area contributed by atoms with E-state index in [1.807, 2.05) is 44.2 Å². The van der Waals surface area contributed by atoms with Gasteiger partial charge in [-0.3, -0.25) is 0 Å². The Labute approximate surface area is 167 Å². The molecule has 3 rings (SSSR count). The molecule has 0 saturated carbocycles. The number of piperazine rings is 1. The molecule has 2 aromatic rings. The summed E-state index contributed by atoms with van der Waals surface area (Å²) in [6, 6.07) is 13.8. The minimum atomic E-state index is -0.225. The van der Waals surface area contributed by atoms with Crippen molar-refractivity contribution >= 4 is 17.4 Å². The number of benzene rings is 2. The molecule has 0 spiro atoms. The molecule has 2 N–H and O–H groups in total. The lowest BCUT2D eigenvalue weighted by molar-refractivity contribution is 0.247. The maximum atomic E-state index is 12.1. The van der Waals surface area contributed by atoms with Crippen LogP contribution >= 0.6 is 0 Å². The number of urea groups is 1. The van der Waals surface area contributed by atoms with E-state index in [0.717, 1.165) is 48.7 Å². The summed E-state index contributed by atoms with van der Waals surface area (Å²) < 4.78 is 5.81. The van der Waals surface area contributed by atoms with Crippen molar-refractivity contribution in [2.45, 2.75) is 13.8 Å². The average Bonchev–Trinajstić information content (AvgIpc) is 2.68. The van der Waals surface area contributed by atoms with E-state index in [1.165, 1.54) is 5.69 Å². The first-order valence-electron chi connectivity index (χ1n) is 9.80. The van der Waals surface area contributed by atoms with Crippen LogP contribution in [0.25, 0.3) is 0 Å². The first kappa shape index (κ1) is 20.0. The first-order valence-corrected chi connectivity index (χ1v) is 9.80. The molecule has 6 heteroatoms. The van der Waals surface area contributed by atoms with Gasteiger partial charge in [-0.2, -0.15) is 0 Å². The standard InChI is InChI=1S/C22H30N4O2/c1-17-5-4-6-18(2)21(17)28-16-11-23-22(27)24-19-7-9-20(10-8-19)26-14-12-25(3)13-15-26/h4-10H,11-16H2,1-3H3,(H2,23,24,27). The van der Waals surface area contributed by atoms with Gasteiger partial charge in [-0.25, -0.2) is 4.79 Å². The van der Waals surface area contributed by atoms with E-state index >= 15 is 0 Å². The smallest absolute Gasteiger partial charge is 0.319 e. The average molecular weight is 383 g/mol. The van der Waals surface area contributed by atoms with Crippen LogP contribution in [0.2, 0.25) is 0 Å². The fraction of sp³-hybridized carbons (Fsp3) is 0.409. The summed E-state index contributed by atoms with van der Waals surface area (Å²) in [6.45, 7) is 9.14. The normalized spacial score (nSPS) is 14.6. The molecular weight excluding hydrogens is 352 g/mol. The number of amides is 2. The predicted molar refractivity (Wildman–Crippen MR) is 115 cm³/mol. The van der Waals surface area contributed by atoms with Crippen LogP contribution in [0.5, 0.6) is 5.75 Å². The number of para-hydroxylation sites is 1. The molecule has 6 nitrogen and oxygen atoms in total. The summed E-state index contributed by atoms with van der Waals surface area (Å²) in [7, 11) is 2.15. The molecule has 1 aliphatic rings. The van der Waals surface area contributed by atoms with Crippen LogP contribution in [-0.4, -0.2) is 57.3 Å². The molecule has 2 aromatic carbocycles. The molecular formula is C22H30N4O2. The van der Waals surface area contributed by atoms with Crippen molar-refractivity contribution in [3.05, 3.63) is 53.6 Å². The highest BCUT2D eigenvalue weighted by molar-refractivity contribution is 5.89. The zero-order chi connectivity index (χ0) is 19.9. The van der Waals surface area contributed by atoms with Crippen LogP contribution in [-0.2, 0) is 0 Å². The van der Waals surface area contributed by atoms with Gasteiger partial charge in [0.15, 0.2) is 0 Å². The van der Waals surface area contributed by atoms with Gasteiger partial charge < -0.3 is 25.2 Å². The van der Waals surface area contributed by atoms with Gasteiger partial charge in [0.2, 0.25) is 0 Å². The summed E-state index contributed by atoms with van der Waals surface area (Å²) in [5.41, 5.74) is 4.18. The molecule has 1 fully saturated rings. The number of carbonyl (C=O) groups excluding carboxylic acids is 1. The van der Waals surface area contributed by atoms with E-state index in [2.05, 4.69) is 39.6 Å². The molecule has 0 unspecified atom stereocenters. The molecule has 150 valence electrons. The Morgan fingerprint density at radius 1 is 1.00 bits per heavy atom. The Morgan fingerprint density at radius 2 is 1.64 bits per heavy atom. The second kappa shape index (κ2) is 9.46. The molecule has 2 amide bonds. The number of ether oxygens (including phenoxy) is 1. The number of anilines is 2. The van der Waals surface area contributed by atoms with Gasteiger partial charge in [0.25, 0.3) is 0 Å². The fourth-order valence-corrected chi connectivity index (χ4v) is 3.34. The predicted octanol–water partition coefficient (Wildman–Crippen LogP) is 3.26. The van der Waals surface area contributed by atoms with E-state index < -0.39 is 0 Å². The van der Waals surface area contributed by atoms with E-state index in [4.69, 9.17) is 4.74 Å². The Balaban J connectivity index is 1.41. The Kier molecular flexibility index (Phi) is 6.76. The largest absolute Gasteiger partial charge is 0.491 e. The third-order valence-electron chi connectivity index (χ3n) is 5.04. The molecule has 1 saturated heterocycles. The highest BCUT2D eigenvalue weighted by atomic mass is 16.5. The topological polar surface area (TPSA) is 56.8 Å². The number of hydrogen-bond acceptors (Lipinski definition) is 4. The fourth-order valence-electron chi connectivity index (χ4n) is 3.34. The van der Waals surface area contributed by atoms with Crippen LogP contribution in [0.1, 0.15) is 11.1 Å². The maximum Gasteiger partial charge on any atom is 0.319 e. The third kappa shape index (κ3) is 5.39. The summed E-state index contributed by atoms with van der Waals surface area (Å²) in [6.07, 6.45) is 0. The zero-order valence-electron chi connectivity index (χ0n) is 17.0. The summed E-state index contributed by atoms with van der Waals surface area (Å²) in [4.78, 5) is 16.8. The Morgan fingerprint density at radius 3 is 2.29 bits per heavy atom. The minimum absolute atomic E-state index is 0.225. The number of likely N-dealkylation sites (N-methyl/N-ethyl adjacent to an activating group) is 1. The van der Waals surface area contributed by atoms with E-state index in [9.17, 15) is 4.79 Å². The van der Waals surface area contributed by atoms with Gasteiger partial charge in [0.05, 0.1) is 6.54 Å². The van der Waals surface area contributed by atoms with E-state index in [1.54, 1.807) is 0 Å². The van der Waals surface area contributed by atoms with Crippen molar-refractivity contribution in [1.82, 2.24) is 10.2 Å². The molecule has 1 aliphatic heterocycles. The molecule has 1 heterocycles. The monoisotopic (exact) mass is 382 g/mol. The van der Waals surface area contributed by atoms with E-state index in [0.29, 0.717) is 13.2 Å². The van der Waals surface area contributed by atoms with Crippen molar-refractivity contribution in [2.75, 3.05) is 56.6 Å². The second-order valence-electron chi connectivity index (χ2n) is 7.29. The van der Waals surface area contributed by atoms with Crippen LogP contribution in [0, 0.1) is 13.8 Å². The Hall–Kier alpha value is -2.73. The summed E-state index contributed by atoms with van der Waals surface area (Å²) >= 11 is 0. The highest BCUT2D eigenvalue weighted by Gasteiger charge is 2.14. The van der Waals surface area contributed by atoms with Crippen LogP contribution < -0.4 is 20.3 Å². The lowest BCUT2D eigenvalue weighted by atomic mass is 10.1. The number of nitrogens with zero attached hydrogens (tertiary/aromatic N) is 2. The van der Waals surface area contributed by atoms with Crippen molar-refractivity contribution in [3.63, 3.8) is 0 Å². The highest BCUT2D eigenvalue weighted by Crippen LogP contribution is 2.22. The van der Waals surface area contributed by atoms with E-state index in [-0.39, 0.29) is 6.03 Å². The van der Waals surface area contributed by atoms with Crippen molar-refractivity contribution in [1.29, 1.82) is 0 Å². The zero-order valence-corrected chi connectivity index (χ0v) is 17.0. The SMILES string of the molecule is Cc1cccc(C)c1OCCNC(=O)Nc1ccc(N2CCN(C)CC2)cc1. The van der Waals surface area contributed by atoms with Gasteiger partial charge in [-0.1, -0.05) is 18.2 Å². The third-order valence-corrected chi connectivity index (χ3v) is 5.04. The van der Waals surface area contributed by atoms with Gasteiger partial charge in [0.1, 0.15) is 12.4 Å². The number of aryl methyl sites for hydroxylation is 2. The van der Waals surface area contributed by atoms with Crippen molar-refractivity contribution < 1.29 is 9.53 Å². The van der Waals surface area contributed by atoms with Crippen LogP contribution in [0.4, 0.5) is 16.2 Å². The van der Waals surface area contributed by atoms with Crippen LogP contribution in [0.3, 0.4) is 0 Å². The Bertz CT molecular complexity index is 763. The van der Waals surface area contributed by atoms with Crippen LogP contribution in [0.15, 0.2) is 42.5 Å². The number of nitrogens with one attached hydrogen (secondary N) is 2. The summed E-state index contributed by atoms with van der Waals surface area (Å²) in [5, 5.41) is 5.70. The van der Waals surface area contributed by atoms with Gasteiger partial charge in [-0.15, -0.1) is 0 Å². The van der Waals surface area contributed by atoms with Gasteiger partial charge >= 0.3 is 6.03 Å². The molecule has 0 bridgehead atoms. The minimum Gasteiger partial charge on any atom is -0.491 e. The lowest BCUT2D eigenvalue weighted by Gasteiger charge is -2.34. The quantitative estimate of drug-likeness (QED) is 0.753. The van der Waals surface area contributed by atoms with Gasteiger partial charge in [-0.05, 0) is 56.3 Å². The first-order chi connectivity index (χ1) is 13.5. The molecule has 0 atom stereocenters. The van der Waals surface area contributed by atoms with Gasteiger partial charge in [0, 0.05) is 37.6 Å². The second-order valence-corrected chi connectivity index (χ2v) is 7.29. The number of hydrogen-bond donors (Lipinski definition) is 2. The molecule has 0 aromatic heterocycles. The molecule has 0 aliphatic carbocycles. The summed E-state index contributed by atoms with van der Waals surface area (Å²) in [5.74, 6) is 0.893. The number of carbonyl (C=O) groups is 1. The maximum absolute atomic E-state index is 12.1. The lowest BCUT2D eigenvalue weighted by Crippen LogP contribution is -2.44. The van der Waals surface area contributed by atoms with Crippen molar-refractivity contribution in [3.8, 4) is 5.75 Å². The van der Waals surface area contributed by atoms with Crippen molar-refractivity contribution in [2.24, 2.45) is 0 Å². The number of rotatable bonds is 6. The molecule has 28 heavy (non-hydrogen) atoms. The molecule has 0 radical (unpaired) electrons.